The van der Waals surface area contributed by atoms with Gasteiger partial charge in [0.05, 0.1) is 4.90 Å². The summed E-state index contributed by atoms with van der Waals surface area (Å²) in [6.07, 6.45) is 1.52. The van der Waals surface area contributed by atoms with Crippen molar-refractivity contribution in [3.8, 4) is 0 Å². The van der Waals surface area contributed by atoms with Crippen LogP contribution in [-0.4, -0.2) is 32.7 Å². The van der Waals surface area contributed by atoms with Gasteiger partial charge in [-0.05, 0) is 43.5 Å². The first-order valence-electron chi connectivity index (χ1n) is 5.96. The highest BCUT2D eigenvalue weighted by atomic mass is 32.2. The number of fused-ring (bicyclic) bond motifs is 1. The molecule has 1 aliphatic rings. The van der Waals surface area contributed by atoms with Crippen LogP contribution in [0.5, 0.6) is 0 Å². The van der Waals surface area contributed by atoms with E-state index in [4.69, 9.17) is 10.2 Å². The fourth-order valence-electron chi connectivity index (χ4n) is 2.43. The smallest absolute Gasteiger partial charge is 0.238 e. The van der Waals surface area contributed by atoms with Gasteiger partial charge in [0.15, 0.2) is 0 Å². The van der Waals surface area contributed by atoms with Crippen LogP contribution in [0.4, 0.5) is 5.69 Å². The van der Waals surface area contributed by atoms with Crippen LogP contribution >= 0.6 is 0 Å². The summed E-state index contributed by atoms with van der Waals surface area (Å²) in [5.74, 6) is 0. The van der Waals surface area contributed by atoms with E-state index >= 15 is 0 Å². The zero-order valence-corrected chi connectivity index (χ0v) is 11.2. The Morgan fingerprint density at radius 3 is 2.83 bits per heavy atom. The molecule has 0 spiro atoms. The summed E-state index contributed by atoms with van der Waals surface area (Å²) < 4.78 is 22.6. The lowest BCUT2D eigenvalue weighted by atomic mass is 10.1. The second-order valence-electron chi connectivity index (χ2n) is 4.66. The SMILES string of the molecule is CC1Cc2cc(S(N)(=O)=O)ccc2N1CCCO. The maximum absolute atomic E-state index is 11.3. The molecule has 1 aromatic rings. The second kappa shape index (κ2) is 4.87. The van der Waals surface area contributed by atoms with E-state index in [9.17, 15) is 8.42 Å². The fraction of sp³-hybridized carbons (Fsp3) is 0.500. The molecule has 0 radical (unpaired) electrons. The number of hydrogen-bond donors (Lipinski definition) is 2. The van der Waals surface area contributed by atoms with Crippen molar-refractivity contribution >= 4 is 15.7 Å². The van der Waals surface area contributed by atoms with Gasteiger partial charge >= 0.3 is 0 Å². The number of primary sulfonamides is 1. The number of aliphatic hydroxyl groups is 1. The number of benzene rings is 1. The minimum Gasteiger partial charge on any atom is -0.396 e. The molecule has 1 unspecified atom stereocenters. The standard InChI is InChI=1S/C12H18N2O3S/c1-9-7-10-8-11(18(13,16)17)3-4-12(10)14(9)5-2-6-15/h3-4,8-9,15H,2,5-7H2,1H3,(H2,13,16,17). The van der Waals surface area contributed by atoms with E-state index in [2.05, 4.69) is 11.8 Å². The predicted molar refractivity (Wildman–Crippen MR) is 70.0 cm³/mol. The molecular formula is C12H18N2O3S. The first kappa shape index (κ1) is 13.3. The monoisotopic (exact) mass is 270 g/mol. The number of sulfonamides is 1. The third-order valence-corrected chi connectivity index (χ3v) is 4.20. The molecule has 6 heteroatoms. The molecule has 0 bridgehead atoms. The van der Waals surface area contributed by atoms with E-state index in [0.29, 0.717) is 12.5 Å². The van der Waals surface area contributed by atoms with Gasteiger partial charge < -0.3 is 10.0 Å². The number of rotatable bonds is 4. The van der Waals surface area contributed by atoms with E-state index < -0.39 is 10.0 Å². The van der Waals surface area contributed by atoms with Crippen molar-refractivity contribution in [1.82, 2.24) is 0 Å². The van der Waals surface area contributed by atoms with Crippen molar-refractivity contribution in [2.24, 2.45) is 5.14 Å². The molecule has 0 fully saturated rings. The Hall–Kier alpha value is -1.11. The summed E-state index contributed by atoms with van der Waals surface area (Å²) in [5.41, 5.74) is 2.05. The molecule has 100 valence electrons. The lowest BCUT2D eigenvalue weighted by Gasteiger charge is -2.24. The summed E-state index contributed by atoms with van der Waals surface area (Å²) >= 11 is 0. The van der Waals surface area contributed by atoms with Crippen molar-refractivity contribution in [2.45, 2.75) is 30.7 Å². The van der Waals surface area contributed by atoms with Crippen LogP contribution in [0.3, 0.4) is 0 Å². The molecular weight excluding hydrogens is 252 g/mol. The maximum atomic E-state index is 11.3. The van der Waals surface area contributed by atoms with Crippen molar-refractivity contribution in [3.63, 3.8) is 0 Å². The first-order chi connectivity index (χ1) is 8.43. The van der Waals surface area contributed by atoms with Crippen LogP contribution in [0.1, 0.15) is 18.9 Å². The molecule has 1 atom stereocenters. The number of nitrogens with zero attached hydrogens (tertiary/aromatic N) is 1. The highest BCUT2D eigenvalue weighted by molar-refractivity contribution is 7.89. The van der Waals surface area contributed by atoms with Gasteiger partial charge in [0.2, 0.25) is 10.0 Å². The van der Waals surface area contributed by atoms with Crippen molar-refractivity contribution in [1.29, 1.82) is 0 Å². The summed E-state index contributed by atoms with van der Waals surface area (Å²) in [4.78, 5) is 2.36. The summed E-state index contributed by atoms with van der Waals surface area (Å²) in [5, 5.41) is 14.0. The van der Waals surface area contributed by atoms with Crippen molar-refractivity contribution in [2.75, 3.05) is 18.1 Å². The van der Waals surface area contributed by atoms with E-state index in [0.717, 1.165) is 24.2 Å². The Morgan fingerprint density at radius 2 is 2.22 bits per heavy atom. The molecule has 1 heterocycles. The highest BCUT2D eigenvalue weighted by Gasteiger charge is 2.26. The Labute approximate surface area is 107 Å². The van der Waals surface area contributed by atoms with Crippen LogP contribution in [-0.2, 0) is 16.4 Å². The molecule has 5 nitrogen and oxygen atoms in total. The van der Waals surface area contributed by atoms with E-state index in [-0.39, 0.29) is 11.5 Å². The van der Waals surface area contributed by atoms with Gasteiger partial charge in [0.25, 0.3) is 0 Å². The van der Waals surface area contributed by atoms with Crippen LogP contribution in [0.2, 0.25) is 0 Å². The minimum atomic E-state index is -3.63. The zero-order chi connectivity index (χ0) is 13.3. The lowest BCUT2D eigenvalue weighted by Crippen LogP contribution is -2.30. The van der Waals surface area contributed by atoms with E-state index in [1.54, 1.807) is 12.1 Å². The Kier molecular flexibility index (Phi) is 3.61. The average molecular weight is 270 g/mol. The molecule has 0 amide bonds. The number of hydrogen-bond acceptors (Lipinski definition) is 4. The third-order valence-electron chi connectivity index (χ3n) is 3.29. The number of aliphatic hydroxyl groups excluding tert-OH is 1. The summed E-state index contributed by atoms with van der Waals surface area (Å²) in [6.45, 7) is 3.03. The molecule has 0 aromatic heterocycles. The minimum absolute atomic E-state index is 0.161. The molecule has 18 heavy (non-hydrogen) atoms. The molecule has 1 aromatic carbocycles. The molecule has 3 N–H and O–H groups in total. The maximum Gasteiger partial charge on any atom is 0.238 e. The van der Waals surface area contributed by atoms with Crippen LogP contribution in [0, 0.1) is 0 Å². The van der Waals surface area contributed by atoms with Gasteiger partial charge in [-0.25, -0.2) is 13.6 Å². The zero-order valence-electron chi connectivity index (χ0n) is 10.3. The molecule has 2 rings (SSSR count). The first-order valence-corrected chi connectivity index (χ1v) is 7.51. The normalized spacial score (nSPS) is 19.1. The summed E-state index contributed by atoms with van der Waals surface area (Å²) in [7, 11) is -3.63. The number of anilines is 1. The Bertz CT molecular complexity index is 542. The molecule has 0 saturated carbocycles. The lowest BCUT2D eigenvalue weighted by molar-refractivity contribution is 0.288. The van der Waals surface area contributed by atoms with Gasteiger partial charge in [-0.1, -0.05) is 0 Å². The van der Waals surface area contributed by atoms with E-state index in [1.807, 2.05) is 0 Å². The largest absolute Gasteiger partial charge is 0.396 e. The quantitative estimate of drug-likeness (QED) is 0.833. The third kappa shape index (κ3) is 2.50. The van der Waals surface area contributed by atoms with Crippen molar-refractivity contribution in [3.05, 3.63) is 23.8 Å². The van der Waals surface area contributed by atoms with Crippen molar-refractivity contribution < 1.29 is 13.5 Å². The van der Waals surface area contributed by atoms with Gasteiger partial charge in [0.1, 0.15) is 0 Å². The fourth-order valence-corrected chi connectivity index (χ4v) is 2.99. The second-order valence-corrected chi connectivity index (χ2v) is 6.22. The van der Waals surface area contributed by atoms with Gasteiger partial charge in [-0.2, -0.15) is 0 Å². The number of nitrogens with two attached hydrogens (primary N) is 1. The Morgan fingerprint density at radius 1 is 1.50 bits per heavy atom. The molecule has 1 aliphatic heterocycles. The van der Waals surface area contributed by atoms with Crippen LogP contribution in [0.25, 0.3) is 0 Å². The van der Waals surface area contributed by atoms with Crippen LogP contribution < -0.4 is 10.0 Å². The van der Waals surface area contributed by atoms with Gasteiger partial charge in [-0.3, -0.25) is 0 Å². The summed E-state index contributed by atoms with van der Waals surface area (Å²) in [6, 6.07) is 5.32. The van der Waals surface area contributed by atoms with Gasteiger partial charge in [-0.15, -0.1) is 0 Å². The van der Waals surface area contributed by atoms with Crippen LogP contribution in [0.15, 0.2) is 23.1 Å². The average Bonchev–Trinajstić information content (AvgIpc) is 2.60. The highest BCUT2D eigenvalue weighted by Crippen LogP contribution is 2.33. The molecule has 0 aliphatic carbocycles. The Balaban J connectivity index is 2.32. The van der Waals surface area contributed by atoms with E-state index in [1.165, 1.54) is 6.07 Å². The molecule has 0 saturated heterocycles. The van der Waals surface area contributed by atoms with Gasteiger partial charge in [0, 0.05) is 24.9 Å². The topological polar surface area (TPSA) is 83.6 Å². The predicted octanol–water partition coefficient (Wildman–Crippen LogP) is 0.467.